The number of amides is 2. The number of carbonyl (C=O) groups is 2. The minimum Gasteiger partial charge on any atom is -0.493 e. The van der Waals surface area contributed by atoms with Crippen LogP contribution in [0.5, 0.6) is 17.2 Å². The highest BCUT2D eigenvalue weighted by atomic mass is 16.5. The van der Waals surface area contributed by atoms with Crippen LogP contribution in [-0.2, 0) is 29.0 Å². The van der Waals surface area contributed by atoms with Gasteiger partial charge in [-0.1, -0.05) is 38.1 Å². The van der Waals surface area contributed by atoms with Crippen LogP contribution >= 0.6 is 0 Å². The van der Waals surface area contributed by atoms with Crippen molar-refractivity contribution in [3.63, 3.8) is 0 Å². The lowest BCUT2D eigenvalue weighted by Crippen LogP contribution is -2.47. The molecule has 3 aromatic carbocycles. The first-order valence-electron chi connectivity index (χ1n) is 16.1. The van der Waals surface area contributed by atoms with Crippen LogP contribution in [0.4, 0.5) is 5.69 Å². The monoisotopic (exact) mass is 638 g/mol. The zero-order valence-electron chi connectivity index (χ0n) is 27.8. The average molecular weight is 639 g/mol. The topological polar surface area (TPSA) is 122 Å². The van der Waals surface area contributed by atoms with Crippen molar-refractivity contribution >= 4 is 28.4 Å². The quantitative estimate of drug-likeness (QED) is 0.237. The molecule has 2 unspecified atom stereocenters. The molecule has 4 aromatic rings. The molecular weight excluding hydrogens is 596 g/mol. The molecule has 6 rings (SSSR count). The van der Waals surface area contributed by atoms with Crippen molar-refractivity contribution in [3.05, 3.63) is 81.1 Å². The van der Waals surface area contributed by atoms with Crippen LogP contribution in [-0.4, -0.2) is 55.6 Å². The first kappa shape index (κ1) is 32.0. The van der Waals surface area contributed by atoms with Crippen LogP contribution in [0.1, 0.15) is 55.6 Å². The van der Waals surface area contributed by atoms with E-state index in [1.54, 1.807) is 33.5 Å². The Bertz CT molecular complexity index is 1920. The van der Waals surface area contributed by atoms with E-state index in [0.29, 0.717) is 54.4 Å². The fraction of sp³-hybridized carbons (Fsp3) is 0.378. The molecule has 10 nitrogen and oxygen atoms in total. The van der Waals surface area contributed by atoms with Crippen LogP contribution in [0.15, 0.2) is 53.3 Å². The molecule has 3 N–H and O–H groups in total. The normalized spacial score (nSPS) is 16.0. The largest absolute Gasteiger partial charge is 0.493 e. The van der Waals surface area contributed by atoms with Gasteiger partial charge in [-0.15, -0.1) is 0 Å². The molecule has 1 aromatic heterocycles. The van der Waals surface area contributed by atoms with Gasteiger partial charge in [0.2, 0.25) is 23.0 Å². The van der Waals surface area contributed by atoms with Gasteiger partial charge < -0.3 is 34.7 Å². The van der Waals surface area contributed by atoms with Crippen LogP contribution < -0.4 is 30.3 Å². The minimum atomic E-state index is -0.631. The van der Waals surface area contributed by atoms with Gasteiger partial charge in [-0.25, -0.2) is 0 Å². The first-order valence-corrected chi connectivity index (χ1v) is 16.1. The highest BCUT2D eigenvalue weighted by molar-refractivity contribution is 5.88. The van der Waals surface area contributed by atoms with E-state index >= 15 is 0 Å². The molecule has 0 spiro atoms. The summed E-state index contributed by atoms with van der Waals surface area (Å²) in [5.41, 5.74) is 6.52. The van der Waals surface area contributed by atoms with Crippen molar-refractivity contribution in [2.24, 2.45) is 5.92 Å². The number of aromatic nitrogens is 1. The van der Waals surface area contributed by atoms with Gasteiger partial charge >= 0.3 is 0 Å². The van der Waals surface area contributed by atoms with Crippen molar-refractivity contribution in [1.29, 1.82) is 0 Å². The number of nitrogens with zero attached hydrogens (tertiary/aromatic N) is 1. The Balaban J connectivity index is 1.40. The Morgan fingerprint density at radius 1 is 0.979 bits per heavy atom. The summed E-state index contributed by atoms with van der Waals surface area (Å²) in [7, 11) is 4.70. The van der Waals surface area contributed by atoms with Crippen molar-refractivity contribution < 1.29 is 23.8 Å². The summed E-state index contributed by atoms with van der Waals surface area (Å²) in [6, 6.07) is 14.2. The van der Waals surface area contributed by atoms with Crippen LogP contribution in [0.3, 0.4) is 0 Å². The zero-order chi connectivity index (χ0) is 33.4. The standard InChI is InChI=1S/C37H42N4O6/c1-20(2)34(37(44)41-16-15-24-23-9-7-8-10-27(23)39-30(24)19-41)40-29-14-12-25-26(18-31(29)43)28(38-21(3)42)13-11-22-17-32(45-4)35(46-5)36(47-6)33(22)25/h7-10,12,14,17-18,20,28,34,39H,11,13,15-16,19H2,1-6H3,(H,38,42)(H,40,43). The van der Waals surface area contributed by atoms with Gasteiger partial charge in [0.25, 0.3) is 0 Å². The zero-order valence-corrected chi connectivity index (χ0v) is 27.8. The number of aryl methyl sites for hydroxylation is 1. The smallest absolute Gasteiger partial charge is 0.245 e. The second-order valence-corrected chi connectivity index (χ2v) is 12.6. The maximum Gasteiger partial charge on any atom is 0.245 e. The molecular formula is C37H42N4O6. The average Bonchev–Trinajstić information content (AvgIpc) is 3.27. The third-order valence-corrected chi connectivity index (χ3v) is 9.35. The van der Waals surface area contributed by atoms with Gasteiger partial charge in [0.15, 0.2) is 11.5 Å². The number of nitrogens with one attached hydrogen (secondary N) is 3. The van der Waals surface area contributed by atoms with E-state index in [9.17, 15) is 14.4 Å². The molecule has 2 heterocycles. The summed E-state index contributed by atoms with van der Waals surface area (Å²) in [5, 5.41) is 7.57. The number of fused-ring (bicyclic) bond motifs is 6. The van der Waals surface area contributed by atoms with E-state index in [1.807, 2.05) is 43.0 Å². The maximum atomic E-state index is 14.1. The predicted molar refractivity (Wildman–Crippen MR) is 182 cm³/mol. The Hall–Kier alpha value is -4.99. The highest BCUT2D eigenvalue weighted by Gasteiger charge is 2.33. The maximum absolute atomic E-state index is 14.1. The van der Waals surface area contributed by atoms with Gasteiger partial charge in [0.05, 0.1) is 39.6 Å². The van der Waals surface area contributed by atoms with E-state index in [-0.39, 0.29) is 23.2 Å². The van der Waals surface area contributed by atoms with Gasteiger partial charge in [0.1, 0.15) is 6.04 Å². The molecule has 246 valence electrons. The van der Waals surface area contributed by atoms with Gasteiger partial charge in [-0.05, 0) is 71.7 Å². The number of carbonyl (C=O) groups excluding carboxylic acids is 2. The van der Waals surface area contributed by atoms with E-state index in [4.69, 9.17) is 14.2 Å². The van der Waals surface area contributed by atoms with Gasteiger partial charge in [-0.3, -0.25) is 14.4 Å². The number of aromatic amines is 1. The third-order valence-electron chi connectivity index (χ3n) is 9.35. The van der Waals surface area contributed by atoms with Crippen molar-refractivity contribution in [2.45, 2.75) is 58.7 Å². The van der Waals surface area contributed by atoms with E-state index in [1.165, 1.54) is 17.9 Å². The Morgan fingerprint density at radius 3 is 2.45 bits per heavy atom. The van der Waals surface area contributed by atoms with Crippen LogP contribution in [0, 0.1) is 5.92 Å². The number of anilines is 1. The number of methoxy groups -OCH3 is 3. The molecule has 2 atom stereocenters. The third kappa shape index (κ3) is 5.88. The lowest BCUT2D eigenvalue weighted by molar-refractivity contribution is -0.134. The first-order chi connectivity index (χ1) is 22.6. The van der Waals surface area contributed by atoms with E-state index in [0.717, 1.165) is 34.3 Å². The number of H-pyrrole nitrogens is 1. The second kappa shape index (κ2) is 13.0. The fourth-order valence-corrected chi connectivity index (χ4v) is 7.09. The van der Waals surface area contributed by atoms with Crippen molar-refractivity contribution in [1.82, 2.24) is 15.2 Å². The number of ether oxygens (including phenoxy) is 3. The summed E-state index contributed by atoms with van der Waals surface area (Å²) >= 11 is 0. The minimum absolute atomic E-state index is 0.0586. The lowest BCUT2D eigenvalue weighted by Gasteiger charge is -2.32. The Labute approximate surface area is 274 Å². The summed E-state index contributed by atoms with van der Waals surface area (Å²) in [6.07, 6.45) is 1.92. The summed E-state index contributed by atoms with van der Waals surface area (Å²) < 4.78 is 17.2. The Kier molecular flexibility index (Phi) is 8.86. The summed E-state index contributed by atoms with van der Waals surface area (Å²) in [6.45, 7) is 6.50. The molecule has 10 heteroatoms. The SMILES string of the molecule is COc1cc2c(c(OC)c1OC)-c1ccc(NC(C(=O)N3CCc4c([nH]c5ccccc45)C3)C(C)C)c(=O)cc1C(NC(C)=O)CC2. The number of hydrogen-bond acceptors (Lipinski definition) is 7. The number of rotatable bonds is 8. The Morgan fingerprint density at radius 2 is 1.74 bits per heavy atom. The van der Waals surface area contributed by atoms with Crippen LogP contribution in [0.2, 0.25) is 0 Å². The summed E-state index contributed by atoms with van der Waals surface area (Å²) in [4.78, 5) is 45.7. The molecule has 0 radical (unpaired) electrons. The number of hydrogen-bond donors (Lipinski definition) is 3. The van der Waals surface area contributed by atoms with Gasteiger partial charge in [0, 0.05) is 35.6 Å². The molecule has 0 fully saturated rings. The molecule has 0 bridgehead atoms. The van der Waals surface area contributed by atoms with E-state index < -0.39 is 12.1 Å². The molecule has 1 aliphatic heterocycles. The molecule has 1 aliphatic carbocycles. The van der Waals surface area contributed by atoms with Crippen molar-refractivity contribution in [2.75, 3.05) is 33.2 Å². The van der Waals surface area contributed by atoms with Gasteiger partial charge in [-0.2, -0.15) is 0 Å². The molecule has 2 amide bonds. The molecule has 0 saturated heterocycles. The molecule has 0 saturated carbocycles. The van der Waals surface area contributed by atoms with Crippen molar-refractivity contribution in [3.8, 4) is 28.4 Å². The highest BCUT2D eigenvalue weighted by Crippen LogP contribution is 2.50. The van der Waals surface area contributed by atoms with E-state index in [2.05, 4.69) is 27.8 Å². The lowest BCUT2D eigenvalue weighted by atomic mass is 9.95. The molecule has 47 heavy (non-hydrogen) atoms. The number of benzene rings is 2. The fourth-order valence-electron chi connectivity index (χ4n) is 7.09. The van der Waals surface area contributed by atoms with Crippen LogP contribution in [0.25, 0.3) is 22.0 Å². The number of para-hydroxylation sites is 1. The predicted octanol–water partition coefficient (Wildman–Crippen LogP) is 5.37. The summed E-state index contributed by atoms with van der Waals surface area (Å²) in [5.74, 6) is 1.10. The molecule has 2 aliphatic rings. The second-order valence-electron chi connectivity index (χ2n) is 12.6.